The van der Waals surface area contributed by atoms with Crippen LogP contribution in [0.15, 0.2) is 48.5 Å². The van der Waals surface area contributed by atoms with Crippen LogP contribution in [0, 0.1) is 11.6 Å². The maximum atomic E-state index is 12.4. The van der Waals surface area contributed by atoms with E-state index in [-0.39, 0.29) is 23.2 Å². The Morgan fingerprint density at radius 1 is 0.750 bits per heavy atom. The lowest BCUT2D eigenvalue weighted by molar-refractivity contribution is 0.100. The van der Waals surface area contributed by atoms with Crippen molar-refractivity contribution in [2.75, 3.05) is 0 Å². The van der Waals surface area contributed by atoms with E-state index < -0.39 is 0 Å². The average molecular weight is 276 g/mol. The van der Waals surface area contributed by atoms with Crippen LogP contribution in [0.1, 0.15) is 34.6 Å². The number of ketones is 2. The Kier molecular flexibility index (Phi) is 5.72. The van der Waals surface area contributed by atoms with Gasteiger partial charge in [-0.05, 0) is 50.2 Å². The Labute approximate surface area is 116 Å². The highest BCUT2D eigenvalue weighted by molar-refractivity contribution is 5.94. The highest BCUT2D eigenvalue weighted by Crippen LogP contribution is 2.03. The molecule has 4 heteroatoms. The Morgan fingerprint density at radius 3 is 1.70 bits per heavy atom. The van der Waals surface area contributed by atoms with Crippen LogP contribution in [0.25, 0.3) is 0 Å². The number of hydrogen-bond acceptors (Lipinski definition) is 2. The summed E-state index contributed by atoms with van der Waals surface area (Å²) in [5, 5.41) is 0. The summed E-state index contributed by atoms with van der Waals surface area (Å²) in [5.41, 5.74) is 0.960. The number of rotatable bonds is 2. The summed E-state index contributed by atoms with van der Waals surface area (Å²) in [6, 6.07) is 11.1. The molecule has 0 aliphatic heterocycles. The van der Waals surface area contributed by atoms with Gasteiger partial charge in [-0.15, -0.1) is 0 Å². The minimum Gasteiger partial charge on any atom is -0.295 e. The van der Waals surface area contributed by atoms with Crippen molar-refractivity contribution in [1.82, 2.24) is 0 Å². The monoisotopic (exact) mass is 276 g/mol. The zero-order valence-electron chi connectivity index (χ0n) is 11.2. The number of carbonyl (C=O) groups excluding carboxylic acids is 2. The van der Waals surface area contributed by atoms with E-state index >= 15 is 0 Å². The second-order valence-corrected chi connectivity index (χ2v) is 4.13. The fourth-order valence-electron chi connectivity index (χ4n) is 1.39. The molecule has 0 N–H and O–H groups in total. The van der Waals surface area contributed by atoms with E-state index in [2.05, 4.69) is 0 Å². The molecule has 0 amide bonds. The van der Waals surface area contributed by atoms with Crippen LogP contribution in [0.2, 0.25) is 0 Å². The maximum Gasteiger partial charge on any atom is 0.159 e. The van der Waals surface area contributed by atoms with Crippen molar-refractivity contribution < 1.29 is 18.4 Å². The number of halogens is 2. The minimum absolute atomic E-state index is 0.0417. The van der Waals surface area contributed by atoms with E-state index in [1.807, 2.05) is 0 Å². The molecule has 2 aromatic carbocycles. The number of carbonyl (C=O) groups is 2. The second kappa shape index (κ2) is 7.28. The summed E-state index contributed by atoms with van der Waals surface area (Å²) in [6.07, 6.45) is 0. The lowest BCUT2D eigenvalue weighted by Gasteiger charge is -1.92. The molecule has 0 aliphatic carbocycles. The van der Waals surface area contributed by atoms with E-state index in [1.165, 1.54) is 56.3 Å². The Hall–Kier alpha value is -2.36. The molecule has 0 radical (unpaired) electrons. The molecule has 0 atom stereocenters. The van der Waals surface area contributed by atoms with Gasteiger partial charge < -0.3 is 0 Å². The van der Waals surface area contributed by atoms with Gasteiger partial charge in [-0.25, -0.2) is 8.78 Å². The van der Waals surface area contributed by atoms with Gasteiger partial charge in [0.2, 0.25) is 0 Å². The molecule has 20 heavy (non-hydrogen) atoms. The van der Waals surface area contributed by atoms with Crippen LogP contribution in [-0.2, 0) is 0 Å². The first kappa shape index (κ1) is 15.7. The van der Waals surface area contributed by atoms with Crippen LogP contribution in [0.4, 0.5) is 8.78 Å². The number of benzene rings is 2. The first-order chi connectivity index (χ1) is 9.40. The van der Waals surface area contributed by atoms with Crippen molar-refractivity contribution in [2.24, 2.45) is 0 Å². The summed E-state index contributed by atoms with van der Waals surface area (Å²) >= 11 is 0. The zero-order chi connectivity index (χ0) is 15.1. The molecule has 104 valence electrons. The Bertz CT molecular complexity index is 604. The average Bonchev–Trinajstić information content (AvgIpc) is 2.40. The van der Waals surface area contributed by atoms with Crippen LogP contribution >= 0.6 is 0 Å². The third kappa shape index (κ3) is 5.10. The van der Waals surface area contributed by atoms with E-state index in [0.29, 0.717) is 11.1 Å². The zero-order valence-corrected chi connectivity index (χ0v) is 11.2. The lowest BCUT2D eigenvalue weighted by Crippen LogP contribution is -1.91. The molecule has 0 saturated heterocycles. The van der Waals surface area contributed by atoms with Gasteiger partial charge in [-0.3, -0.25) is 9.59 Å². The SMILES string of the molecule is CC(=O)c1ccc(F)cc1.CC(=O)c1cccc(F)c1. The molecular formula is C16H14F2O2. The third-order valence-electron chi connectivity index (χ3n) is 2.48. The van der Waals surface area contributed by atoms with Gasteiger partial charge in [0.25, 0.3) is 0 Å². The van der Waals surface area contributed by atoms with Crippen molar-refractivity contribution in [3.8, 4) is 0 Å². The first-order valence-electron chi connectivity index (χ1n) is 5.93. The largest absolute Gasteiger partial charge is 0.295 e. The summed E-state index contributed by atoms with van der Waals surface area (Å²) in [4.78, 5) is 21.3. The predicted octanol–water partition coefficient (Wildman–Crippen LogP) is 4.06. The van der Waals surface area contributed by atoms with Crippen molar-refractivity contribution >= 4 is 11.6 Å². The topological polar surface area (TPSA) is 34.1 Å². The van der Waals surface area contributed by atoms with Crippen molar-refractivity contribution in [2.45, 2.75) is 13.8 Å². The summed E-state index contributed by atoms with van der Waals surface area (Å²) in [7, 11) is 0. The second-order valence-electron chi connectivity index (χ2n) is 4.13. The molecule has 2 nitrogen and oxygen atoms in total. The van der Waals surface area contributed by atoms with E-state index in [0.717, 1.165) is 0 Å². The Morgan fingerprint density at radius 2 is 1.30 bits per heavy atom. The molecule has 0 fully saturated rings. The van der Waals surface area contributed by atoms with Crippen LogP contribution < -0.4 is 0 Å². The predicted molar refractivity (Wildman–Crippen MR) is 72.8 cm³/mol. The maximum absolute atomic E-state index is 12.4. The van der Waals surface area contributed by atoms with E-state index in [9.17, 15) is 18.4 Å². The standard InChI is InChI=1S/2C8H7FO/c1-6(10)7-2-4-8(9)5-3-7;1-6(10)7-3-2-4-8(9)5-7/h2*2-5H,1H3. The molecule has 0 heterocycles. The molecule has 0 spiro atoms. The molecule has 0 aliphatic rings. The fourth-order valence-corrected chi connectivity index (χ4v) is 1.39. The lowest BCUT2D eigenvalue weighted by atomic mass is 10.1. The van der Waals surface area contributed by atoms with Crippen LogP contribution in [0.5, 0.6) is 0 Å². The van der Waals surface area contributed by atoms with Gasteiger partial charge in [0.15, 0.2) is 11.6 Å². The van der Waals surface area contributed by atoms with Gasteiger partial charge in [0, 0.05) is 11.1 Å². The summed E-state index contributed by atoms with van der Waals surface area (Å²) < 4.78 is 24.6. The number of hydrogen-bond donors (Lipinski definition) is 0. The number of Topliss-reactive ketones (excluding diaryl/α,β-unsaturated/α-hetero) is 2. The van der Waals surface area contributed by atoms with E-state index in [4.69, 9.17) is 0 Å². The van der Waals surface area contributed by atoms with Gasteiger partial charge >= 0.3 is 0 Å². The van der Waals surface area contributed by atoms with Crippen LogP contribution in [0.3, 0.4) is 0 Å². The normalized spacial score (nSPS) is 9.40. The summed E-state index contributed by atoms with van der Waals surface area (Å²) in [6.45, 7) is 2.86. The third-order valence-corrected chi connectivity index (χ3v) is 2.48. The molecule has 0 saturated carbocycles. The molecule has 0 aromatic heterocycles. The Balaban J connectivity index is 0.000000200. The van der Waals surface area contributed by atoms with Crippen LogP contribution in [-0.4, -0.2) is 11.6 Å². The van der Waals surface area contributed by atoms with Gasteiger partial charge in [-0.1, -0.05) is 12.1 Å². The van der Waals surface area contributed by atoms with Gasteiger partial charge in [0.05, 0.1) is 0 Å². The smallest absolute Gasteiger partial charge is 0.159 e. The molecular weight excluding hydrogens is 262 g/mol. The van der Waals surface area contributed by atoms with Gasteiger partial charge in [0.1, 0.15) is 11.6 Å². The minimum atomic E-state index is -0.368. The van der Waals surface area contributed by atoms with Crippen molar-refractivity contribution in [3.05, 3.63) is 71.3 Å². The molecule has 0 unspecified atom stereocenters. The van der Waals surface area contributed by atoms with E-state index in [1.54, 1.807) is 6.07 Å². The fraction of sp³-hybridized carbons (Fsp3) is 0.125. The molecule has 0 bridgehead atoms. The molecule has 2 aromatic rings. The quantitative estimate of drug-likeness (QED) is 0.775. The highest BCUT2D eigenvalue weighted by atomic mass is 19.1. The molecule has 2 rings (SSSR count). The summed E-state index contributed by atoms with van der Waals surface area (Å²) in [5.74, 6) is -0.836. The van der Waals surface area contributed by atoms with Crippen molar-refractivity contribution in [3.63, 3.8) is 0 Å². The van der Waals surface area contributed by atoms with Crippen molar-refractivity contribution in [1.29, 1.82) is 0 Å². The first-order valence-corrected chi connectivity index (χ1v) is 5.93. The van der Waals surface area contributed by atoms with Gasteiger partial charge in [-0.2, -0.15) is 0 Å². The highest BCUT2D eigenvalue weighted by Gasteiger charge is 1.98.